The van der Waals surface area contributed by atoms with Crippen molar-refractivity contribution in [1.82, 2.24) is 10.2 Å². The maximum atomic E-state index is 12.5. The molecule has 0 atom stereocenters. The Hall–Kier alpha value is -2.64. The van der Waals surface area contributed by atoms with Gasteiger partial charge in [-0.1, -0.05) is 0 Å². The molecule has 0 radical (unpaired) electrons. The summed E-state index contributed by atoms with van der Waals surface area (Å²) in [6, 6.07) is 3.24. The van der Waals surface area contributed by atoms with Crippen LogP contribution in [-0.4, -0.2) is 65.0 Å². The Morgan fingerprint density at radius 3 is 2.08 bits per heavy atom. The lowest BCUT2D eigenvalue weighted by Gasteiger charge is -2.30. The van der Waals surface area contributed by atoms with Crippen molar-refractivity contribution in [2.24, 2.45) is 5.92 Å². The predicted molar refractivity (Wildman–Crippen MR) is 95.1 cm³/mol. The molecule has 1 aliphatic rings. The molecular formula is C18H26N2O6. The van der Waals surface area contributed by atoms with Gasteiger partial charge in [-0.25, -0.2) is 4.79 Å². The summed E-state index contributed by atoms with van der Waals surface area (Å²) >= 11 is 0. The number of hydrogen-bond donors (Lipinski definition) is 1. The van der Waals surface area contributed by atoms with Crippen molar-refractivity contribution in [3.63, 3.8) is 0 Å². The molecule has 8 heteroatoms. The third-order valence-corrected chi connectivity index (χ3v) is 4.53. The number of piperidine rings is 1. The van der Waals surface area contributed by atoms with Gasteiger partial charge < -0.3 is 29.2 Å². The first-order chi connectivity index (χ1) is 12.5. The van der Waals surface area contributed by atoms with Gasteiger partial charge in [0.2, 0.25) is 5.75 Å². The molecular weight excluding hydrogens is 340 g/mol. The Morgan fingerprint density at radius 2 is 1.62 bits per heavy atom. The zero-order chi connectivity index (χ0) is 19.1. The molecule has 8 nitrogen and oxygen atoms in total. The van der Waals surface area contributed by atoms with Crippen LogP contribution < -0.4 is 19.5 Å². The van der Waals surface area contributed by atoms with Gasteiger partial charge in [-0.15, -0.1) is 0 Å². The maximum absolute atomic E-state index is 12.5. The van der Waals surface area contributed by atoms with Crippen LogP contribution in [0.3, 0.4) is 0 Å². The van der Waals surface area contributed by atoms with Crippen LogP contribution in [0.25, 0.3) is 0 Å². The molecule has 1 aliphatic heterocycles. The number of nitrogens with one attached hydrogen (secondary N) is 1. The van der Waals surface area contributed by atoms with Crippen LogP contribution >= 0.6 is 0 Å². The summed E-state index contributed by atoms with van der Waals surface area (Å²) in [5.74, 6) is 1.43. The second kappa shape index (κ2) is 9.17. The summed E-state index contributed by atoms with van der Waals surface area (Å²) in [7, 11) is 5.91. The Balaban J connectivity index is 1.95. The van der Waals surface area contributed by atoms with Gasteiger partial charge in [-0.2, -0.15) is 0 Å². The second-order valence-corrected chi connectivity index (χ2v) is 6.02. The third-order valence-electron chi connectivity index (χ3n) is 4.53. The average Bonchev–Trinajstić information content (AvgIpc) is 2.70. The zero-order valence-electron chi connectivity index (χ0n) is 15.7. The number of carbonyl (C=O) groups excluding carboxylic acids is 2. The van der Waals surface area contributed by atoms with E-state index in [1.54, 1.807) is 17.0 Å². The summed E-state index contributed by atoms with van der Waals surface area (Å²) in [4.78, 5) is 25.7. The molecule has 0 bridgehead atoms. The molecule has 26 heavy (non-hydrogen) atoms. The van der Waals surface area contributed by atoms with Crippen molar-refractivity contribution in [2.45, 2.75) is 12.8 Å². The Bertz CT molecular complexity index is 616. The maximum Gasteiger partial charge on any atom is 0.409 e. The molecule has 1 aromatic carbocycles. The van der Waals surface area contributed by atoms with Crippen LogP contribution in [0, 0.1) is 5.92 Å². The number of carbonyl (C=O) groups is 2. The first kappa shape index (κ1) is 19.7. The third kappa shape index (κ3) is 4.50. The van der Waals surface area contributed by atoms with Crippen molar-refractivity contribution >= 4 is 12.0 Å². The number of amides is 2. The van der Waals surface area contributed by atoms with Crippen LogP contribution in [0.1, 0.15) is 23.2 Å². The van der Waals surface area contributed by atoms with Crippen molar-refractivity contribution in [3.05, 3.63) is 17.7 Å². The second-order valence-electron chi connectivity index (χ2n) is 6.02. The van der Waals surface area contributed by atoms with Gasteiger partial charge in [-0.3, -0.25) is 4.79 Å². The quantitative estimate of drug-likeness (QED) is 0.828. The molecule has 1 fully saturated rings. The summed E-state index contributed by atoms with van der Waals surface area (Å²) in [5, 5.41) is 2.94. The van der Waals surface area contributed by atoms with Gasteiger partial charge in [-0.05, 0) is 30.9 Å². The van der Waals surface area contributed by atoms with Crippen LogP contribution in [0.15, 0.2) is 12.1 Å². The van der Waals surface area contributed by atoms with E-state index in [4.69, 9.17) is 18.9 Å². The summed E-state index contributed by atoms with van der Waals surface area (Å²) < 4.78 is 20.5. The van der Waals surface area contributed by atoms with Gasteiger partial charge in [0.25, 0.3) is 5.91 Å². The van der Waals surface area contributed by atoms with Gasteiger partial charge >= 0.3 is 6.09 Å². The van der Waals surface area contributed by atoms with Crippen molar-refractivity contribution in [3.8, 4) is 17.2 Å². The molecule has 144 valence electrons. The number of methoxy groups -OCH3 is 4. The van der Waals surface area contributed by atoms with Crippen LogP contribution in [-0.2, 0) is 4.74 Å². The Kier molecular flexibility index (Phi) is 6.94. The predicted octanol–water partition coefficient (Wildman–Crippen LogP) is 1.92. The molecule has 0 aromatic heterocycles. The zero-order valence-corrected chi connectivity index (χ0v) is 15.7. The number of benzene rings is 1. The molecule has 1 N–H and O–H groups in total. The highest BCUT2D eigenvalue weighted by atomic mass is 16.5. The van der Waals surface area contributed by atoms with Crippen molar-refractivity contribution in [2.75, 3.05) is 48.1 Å². The first-order valence-electron chi connectivity index (χ1n) is 8.45. The SMILES string of the molecule is COC(=O)N1CCC(CNC(=O)c2cc(OC)c(OC)c(OC)c2)CC1. The average molecular weight is 366 g/mol. The Labute approximate surface area is 153 Å². The molecule has 2 rings (SSSR count). The molecule has 1 saturated heterocycles. The van der Waals surface area contributed by atoms with Crippen molar-refractivity contribution < 1.29 is 28.5 Å². The van der Waals surface area contributed by atoms with Gasteiger partial charge in [0.15, 0.2) is 11.5 Å². The lowest BCUT2D eigenvalue weighted by molar-refractivity contribution is 0.0913. The van der Waals surface area contributed by atoms with Gasteiger partial charge in [0, 0.05) is 25.2 Å². The number of ether oxygens (including phenoxy) is 4. The number of hydrogen-bond acceptors (Lipinski definition) is 6. The minimum atomic E-state index is -0.301. The van der Waals surface area contributed by atoms with E-state index in [0.29, 0.717) is 48.4 Å². The highest BCUT2D eigenvalue weighted by Crippen LogP contribution is 2.38. The molecule has 0 unspecified atom stereocenters. The molecule has 1 aromatic rings. The summed E-state index contributed by atoms with van der Waals surface area (Å²) in [5.41, 5.74) is 0.437. The van der Waals surface area contributed by atoms with E-state index < -0.39 is 0 Å². The lowest BCUT2D eigenvalue weighted by atomic mass is 9.97. The lowest BCUT2D eigenvalue weighted by Crippen LogP contribution is -2.41. The van der Waals surface area contributed by atoms with E-state index in [1.165, 1.54) is 28.4 Å². The van der Waals surface area contributed by atoms with E-state index in [0.717, 1.165) is 12.8 Å². The fourth-order valence-electron chi connectivity index (χ4n) is 3.00. The van der Waals surface area contributed by atoms with Gasteiger partial charge in [0.05, 0.1) is 28.4 Å². The minimum Gasteiger partial charge on any atom is -0.493 e. The van der Waals surface area contributed by atoms with Crippen LogP contribution in [0.5, 0.6) is 17.2 Å². The summed E-state index contributed by atoms with van der Waals surface area (Å²) in [6.07, 6.45) is 1.35. The summed E-state index contributed by atoms with van der Waals surface area (Å²) in [6.45, 7) is 1.82. The first-order valence-corrected chi connectivity index (χ1v) is 8.45. The molecule has 0 aliphatic carbocycles. The van der Waals surface area contributed by atoms with E-state index in [1.807, 2.05) is 0 Å². The van der Waals surface area contributed by atoms with Crippen molar-refractivity contribution in [1.29, 1.82) is 0 Å². The fourth-order valence-corrected chi connectivity index (χ4v) is 3.00. The smallest absolute Gasteiger partial charge is 0.409 e. The highest BCUT2D eigenvalue weighted by molar-refractivity contribution is 5.95. The van der Waals surface area contributed by atoms with E-state index in [2.05, 4.69) is 5.32 Å². The standard InChI is InChI=1S/C18H26N2O6/c1-23-14-9-13(10-15(24-2)16(14)25-3)17(21)19-11-12-5-7-20(8-6-12)18(22)26-4/h9-10,12H,5-8,11H2,1-4H3,(H,19,21). The monoisotopic (exact) mass is 366 g/mol. The number of nitrogens with zero attached hydrogens (tertiary/aromatic N) is 1. The topological polar surface area (TPSA) is 86.3 Å². The number of rotatable bonds is 6. The molecule has 1 heterocycles. The van der Waals surface area contributed by atoms with Crippen LogP contribution in [0.4, 0.5) is 4.79 Å². The van der Waals surface area contributed by atoms with E-state index in [9.17, 15) is 9.59 Å². The van der Waals surface area contributed by atoms with Gasteiger partial charge in [0.1, 0.15) is 0 Å². The minimum absolute atomic E-state index is 0.209. The largest absolute Gasteiger partial charge is 0.493 e. The molecule has 0 spiro atoms. The molecule has 0 saturated carbocycles. The highest BCUT2D eigenvalue weighted by Gasteiger charge is 2.24. The van der Waals surface area contributed by atoms with Crippen LogP contribution in [0.2, 0.25) is 0 Å². The molecule has 2 amide bonds. The Morgan fingerprint density at radius 1 is 1.04 bits per heavy atom. The number of likely N-dealkylation sites (tertiary alicyclic amines) is 1. The normalized spacial score (nSPS) is 14.5. The van der Waals surface area contributed by atoms with E-state index >= 15 is 0 Å². The van der Waals surface area contributed by atoms with E-state index in [-0.39, 0.29) is 12.0 Å². The fraction of sp³-hybridized carbons (Fsp3) is 0.556.